The lowest BCUT2D eigenvalue weighted by molar-refractivity contribution is -0.138. The molecule has 0 aliphatic heterocycles. The third-order valence-corrected chi connectivity index (χ3v) is 6.01. The van der Waals surface area contributed by atoms with E-state index in [0.29, 0.717) is 0 Å². The maximum Gasteiger partial charge on any atom is 0.407 e. The second kappa shape index (κ2) is 8.27. The molecule has 3 rings (SSSR count). The fourth-order valence-electron chi connectivity index (χ4n) is 3.94. The lowest BCUT2D eigenvalue weighted by atomic mass is 9.76. The van der Waals surface area contributed by atoms with Crippen molar-refractivity contribution in [3.63, 3.8) is 0 Å². The van der Waals surface area contributed by atoms with Crippen LogP contribution in [0.2, 0.25) is 0 Å². The molecule has 0 bridgehead atoms. The molecule has 2 aromatic rings. The van der Waals surface area contributed by atoms with Crippen LogP contribution in [-0.2, 0) is 9.53 Å². The first-order chi connectivity index (χ1) is 13.7. The Labute approximate surface area is 172 Å². The number of nitrogens with one attached hydrogen (secondary N) is 1. The molecule has 5 nitrogen and oxygen atoms in total. The third-order valence-electron chi connectivity index (χ3n) is 6.01. The Balaban J connectivity index is 1.71. The van der Waals surface area contributed by atoms with Gasteiger partial charge >= 0.3 is 12.1 Å². The highest BCUT2D eigenvalue weighted by Gasteiger charge is 2.33. The Morgan fingerprint density at radius 3 is 2.03 bits per heavy atom. The summed E-state index contributed by atoms with van der Waals surface area (Å²) in [6.45, 7) is 8.27. The van der Waals surface area contributed by atoms with E-state index in [1.54, 1.807) is 0 Å². The number of hydrogen-bond donors (Lipinski definition) is 2. The number of ether oxygens (including phenoxy) is 1. The van der Waals surface area contributed by atoms with Gasteiger partial charge in [-0.1, -0.05) is 76.2 Å². The predicted molar refractivity (Wildman–Crippen MR) is 113 cm³/mol. The van der Waals surface area contributed by atoms with Crippen LogP contribution in [0.25, 0.3) is 11.1 Å². The minimum absolute atomic E-state index is 0.0221. The average Bonchev–Trinajstić information content (AvgIpc) is 2.98. The zero-order valence-electron chi connectivity index (χ0n) is 17.4. The molecule has 1 unspecified atom stereocenters. The molecule has 1 aliphatic carbocycles. The van der Waals surface area contributed by atoms with Gasteiger partial charge in [-0.05, 0) is 33.6 Å². The van der Waals surface area contributed by atoms with Crippen LogP contribution in [0.4, 0.5) is 4.79 Å². The number of fused-ring (bicyclic) bond motifs is 3. The molecule has 0 radical (unpaired) electrons. The number of carboxylic acids is 1. The van der Waals surface area contributed by atoms with Crippen molar-refractivity contribution in [1.82, 2.24) is 5.32 Å². The van der Waals surface area contributed by atoms with E-state index in [4.69, 9.17) is 4.74 Å². The van der Waals surface area contributed by atoms with Crippen molar-refractivity contribution in [3.05, 3.63) is 59.7 Å². The summed E-state index contributed by atoms with van der Waals surface area (Å²) in [6, 6.07) is 15.8. The van der Waals surface area contributed by atoms with Crippen molar-refractivity contribution in [2.45, 2.75) is 46.1 Å². The van der Waals surface area contributed by atoms with Gasteiger partial charge in [-0.15, -0.1) is 0 Å². The summed E-state index contributed by atoms with van der Waals surface area (Å²) in [6.07, 6.45) is -0.711. The third kappa shape index (κ3) is 4.61. The first-order valence-electron chi connectivity index (χ1n) is 10.0. The summed E-state index contributed by atoms with van der Waals surface area (Å²) in [5.41, 5.74) is 4.49. The maximum atomic E-state index is 12.5. The summed E-state index contributed by atoms with van der Waals surface area (Å²) in [7, 11) is 0. The number of aliphatic carboxylic acids is 1. The van der Waals surface area contributed by atoms with Crippen LogP contribution in [0.3, 0.4) is 0 Å². The number of alkyl carbamates (subject to hydrolysis) is 1. The van der Waals surface area contributed by atoms with Gasteiger partial charge in [0, 0.05) is 12.0 Å². The number of carbonyl (C=O) groups is 2. The molecule has 1 amide bonds. The highest BCUT2D eigenvalue weighted by atomic mass is 16.5. The van der Waals surface area contributed by atoms with Gasteiger partial charge in [0.05, 0.1) is 6.42 Å². The molecule has 0 saturated heterocycles. The fourth-order valence-corrected chi connectivity index (χ4v) is 3.94. The Hall–Kier alpha value is -2.82. The van der Waals surface area contributed by atoms with Crippen molar-refractivity contribution in [2.24, 2.45) is 11.3 Å². The van der Waals surface area contributed by atoms with E-state index in [9.17, 15) is 14.7 Å². The lowest BCUT2D eigenvalue weighted by Crippen LogP contribution is -2.45. The van der Waals surface area contributed by atoms with E-state index < -0.39 is 18.1 Å². The Bertz CT molecular complexity index is 854. The zero-order chi connectivity index (χ0) is 21.2. The van der Waals surface area contributed by atoms with Crippen LogP contribution in [0.1, 0.15) is 51.2 Å². The first-order valence-corrected chi connectivity index (χ1v) is 10.0. The molecule has 0 spiro atoms. The molecule has 0 saturated carbocycles. The van der Waals surface area contributed by atoms with Gasteiger partial charge in [0.25, 0.3) is 0 Å². The molecule has 2 atom stereocenters. The summed E-state index contributed by atoms with van der Waals surface area (Å²) in [4.78, 5) is 23.8. The van der Waals surface area contributed by atoms with E-state index in [2.05, 4.69) is 29.6 Å². The number of hydrogen-bond acceptors (Lipinski definition) is 3. The highest BCUT2D eigenvalue weighted by Crippen LogP contribution is 2.44. The summed E-state index contributed by atoms with van der Waals surface area (Å²) in [5.74, 6) is -0.991. The van der Waals surface area contributed by atoms with Gasteiger partial charge in [0.15, 0.2) is 0 Å². The quantitative estimate of drug-likeness (QED) is 0.718. The average molecular weight is 395 g/mol. The topological polar surface area (TPSA) is 75.6 Å². The molecule has 2 N–H and O–H groups in total. The van der Waals surface area contributed by atoms with Crippen molar-refractivity contribution in [1.29, 1.82) is 0 Å². The molecule has 5 heteroatoms. The minimum Gasteiger partial charge on any atom is -0.481 e. The number of carboxylic acid groups (broad SMARTS) is 1. The van der Waals surface area contributed by atoms with Gasteiger partial charge in [0.2, 0.25) is 0 Å². The van der Waals surface area contributed by atoms with Gasteiger partial charge in [-0.2, -0.15) is 0 Å². The van der Waals surface area contributed by atoms with Gasteiger partial charge in [-0.25, -0.2) is 4.79 Å². The van der Waals surface area contributed by atoms with Crippen LogP contribution in [-0.4, -0.2) is 29.8 Å². The smallest absolute Gasteiger partial charge is 0.407 e. The van der Waals surface area contributed by atoms with Gasteiger partial charge in [-0.3, -0.25) is 4.79 Å². The summed E-state index contributed by atoms with van der Waals surface area (Å²) >= 11 is 0. The van der Waals surface area contributed by atoms with Gasteiger partial charge < -0.3 is 15.2 Å². The summed E-state index contributed by atoms with van der Waals surface area (Å²) < 4.78 is 5.57. The molecule has 0 aromatic heterocycles. The molecule has 0 fully saturated rings. The molecule has 0 heterocycles. The Morgan fingerprint density at radius 1 is 1.03 bits per heavy atom. The Kier molecular flexibility index (Phi) is 5.96. The van der Waals surface area contributed by atoms with Crippen LogP contribution in [0, 0.1) is 11.3 Å². The lowest BCUT2D eigenvalue weighted by Gasteiger charge is -2.34. The summed E-state index contributed by atoms with van der Waals surface area (Å²) in [5, 5.41) is 12.0. The monoisotopic (exact) mass is 395 g/mol. The van der Waals surface area contributed by atoms with E-state index in [-0.39, 0.29) is 30.3 Å². The number of rotatable bonds is 6. The van der Waals surface area contributed by atoms with Crippen LogP contribution in [0.15, 0.2) is 48.5 Å². The molecule has 29 heavy (non-hydrogen) atoms. The first kappa shape index (κ1) is 20.9. The zero-order valence-corrected chi connectivity index (χ0v) is 17.4. The fraction of sp³-hybridized carbons (Fsp3) is 0.417. The standard InChI is InChI=1S/C24H29NO4/c1-15(24(2,3)4)21(13-22(26)27)25-23(28)29-14-20-18-11-7-5-9-16(18)17-10-6-8-12-19(17)20/h5-12,15,20-21H,13-14H2,1-4H3,(H,25,28)(H,26,27)/t15?,21-/m1/s1. The Morgan fingerprint density at radius 2 is 1.55 bits per heavy atom. The molecular weight excluding hydrogens is 366 g/mol. The second-order valence-corrected chi connectivity index (χ2v) is 8.83. The van der Waals surface area contributed by atoms with E-state index >= 15 is 0 Å². The van der Waals surface area contributed by atoms with Gasteiger partial charge in [0.1, 0.15) is 6.61 Å². The number of carbonyl (C=O) groups excluding carboxylic acids is 1. The van der Waals surface area contributed by atoms with Crippen molar-refractivity contribution >= 4 is 12.1 Å². The van der Waals surface area contributed by atoms with E-state index in [0.717, 1.165) is 11.1 Å². The van der Waals surface area contributed by atoms with Crippen LogP contribution < -0.4 is 5.32 Å². The normalized spacial score (nSPS) is 15.2. The van der Waals surface area contributed by atoms with E-state index in [1.165, 1.54) is 11.1 Å². The van der Waals surface area contributed by atoms with Crippen molar-refractivity contribution in [3.8, 4) is 11.1 Å². The minimum atomic E-state index is -0.940. The number of benzene rings is 2. The van der Waals surface area contributed by atoms with E-state index in [1.807, 2.05) is 52.0 Å². The number of amides is 1. The van der Waals surface area contributed by atoms with Crippen molar-refractivity contribution < 1.29 is 19.4 Å². The highest BCUT2D eigenvalue weighted by molar-refractivity contribution is 5.79. The maximum absolute atomic E-state index is 12.5. The molecule has 1 aliphatic rings. The molecule has 154 valence electrons. The van der Waals surface area contributed by atoms with Crippen LogP contribution >= 0.6 is 0 Å². The molecule has 2 aromatic carbocycles. The largest absolute Gasteiger partial charge is 0.481 e. The second-order valence-electron chi connectivity index (χ2n) is 8.83. The van der Waals surface area contributed by atoms with Crippen LogP contribution in [0.5, 0.6) is 0 Å². The SMILES string of the molecule is CC([C@@H](CC(=O)O)NC(=O)OCC1c2ccccc2-c2ccccc21)C(C)(C)C. The van der Waals surface area contributed by atoms with Crippen molar-refractivity contribution in [2.75, 3.05) is 6.61 Å². The predicted octanol–water partition coefficient (Wildman–Crippen LogP) is 5.05. The molecular formula is C24H29NO4.